The molecule has 0 saturated carbocycles. The van der Waals surface area contributed by atoms with Crippen molar-refractivity contribution in [2.24, 2.45) is 0 Å². The molecule has 8 aromatic carbocycles. The van der Waals surface area contributed by atoms with Crippen molar-refractivity contribution < 1.29 is 0 Å². The normalized spacial score (nSPS) is 14.5. The van der Waals surface area contributed by atoms with Gasteiger partial charge in [0, 0.05) is 0 Å². The van der Waals surface area contributed by atoms with E-state index in [2.05, 4.69) is 209 Å². The molecule has 0 fully saturated rings. The van der Waals surface area contributed by atoms with E-state index in [1.165, 1.54) is 88.2 Å². The summed E-state index contributed by atoms with van der Waals surface area (Å²) >= 11 is -3.39. The van der Waals surface area contributed by atoms with Crippen LogP contribution in [0.15, 0.2) is 176 Å². The van der Waals surface area contributed by atoms with Crippen LogP contribution in [0.25, 0.3) is 44.5 Å². The molecule has 0 amide bonds. The number of benzene rings is 8. The van der Waals surface area contributed by atoms with Crippen LogP contribution >= 0.6 is 0 Å². The molecule has 262 valence electrons. The zero-order valence-corrected chi connectivity index (χ0v) is 33.8. The Morgan fingerprint density at radius 3 is 1.44 bits per heavy atom. The van der Waals surface area contributed by atoms with E-state index in [1.54, 1.807) is 13.2 Å². The van der Waals surface area contributed by atoms with Crippen molar-refractivity contribution in [1.29, 1.82) is 0 Å². The molecule has 0 bridgehead atoms. The fourth-order valence-electron chi connectivity index (χ4n) is 10.6. The SMILES string of the molecule is Cc1cc(-c2ccccc2)cc(C)c1N(c1ccc2c(c1)C(C)(C)c1ccccc1-2)c1ccc2[c](c1)[Ge]1([c]3ccccc3-c3cccc[c]31)[c]1ccccc1-2. The van der Waals surface area contributed by atoms with Gasteiger partial charge in [-0.05, 0) is 0 Å². The summed E-state index contributed by atoms with van der Waals surface area (Å²) in [6.45, 7) is 9.35. The van der Waals surface area contributed by atoms with Gasteiger partial charge >= 0.3 is 329 Å². The van der Waals surface area contributed by atoms with Crippen molar-refractivity contribution >= 4 is 47.9 Å². The molecule has 0 atom stereocenters. The summed E-state index contributed by atoms with van der Waals surface area (Å²) in [4.78, 5) is 2.57. The molecule has 0 aromatic heterocycles. The Balaban J connectivity index is 1.18. The summed E-state index contributed by atoms with van der Waals surface area (Å²) in [7, 11) is 0. The third-order valence-electron chi connectivity index (χ3n) is 12.9. The summed E-state index contributed by atoms with van der Waals surface area (Å²) in [6, 6.07) is 67.0. The Morgan fingerprint density at radius 2 is 0.836 bits per heavy atom. The van der Waals surface area contributed by atoms with Gasteiger partial charge in [0.2, 0.25) is 0 Å². The number of rotatable bonds is 4. The number of fused-ring (bicyclic) bond motifs is 13. The van der Waals surface area contributed by atoms with E-state index in [9.17, 15) is 0 Å². The average molecular weight is 765 g/mol. The quantitative estimate of drug-likeness (QED) is 0.161. The second-order valence-corrected chi connectivity index (χ2v) is 23.8. The van der Waals surface area contributed by atoms with Gasteiger partial charge in [-0.3, -0.25) is 0 Å². The van der Waals surface area contributed by atoms with Crippen molar-refractivity contribution in [3.8, 4) is 44.5 Å². The molecule has 1 nitrogen and oxygen atoms in total. The number of anilines is 3. The van der Waals surface area contributed by atoms with Crippen molar-refractivity contribution in [3.63, 3.8) is 0 Å². The van der Waals surface area contributed by atoms with Gasteiger partial charge in [-0.1, -0.05) is 0 Å². The molecule has 2 aliphatic heterocycles. The monoisotopic (exact) mass is 765 g/mol. The third-order valence-corrected chi connectivity index (χ3v) is 23.3. The topological polar surface area (TPSA) is 3.24 Å². The van der Waals surface area contributed by atoms with E-state index in [4.69, 9.17) is 0 Å². The van der Waals surface area contributed by atoms with Crippen molar-refractivity contribution in [2.45, 2.75) is 33.1 Å². The van der Waals surface area contributed by atoms with Gasteiger partial charge in [0.25, 0.3) is 0 Å². The summed E-state index contributed by atoms with van der Waals surface area (Å²) in [6.07, 6.45) is 0. The predicted molar refractivity (Wildman–Crippen MR) is 235 cm³/mol. The number of nitrogens with zero attached hydrogens (tertiary/aromatic N) is 1. The van der Waals surface area contributed by atoms with Crippen LogP contribution in [0.3, 0.4) is 0 Å². The van der Waals surface area contributed by atoms with E-state index in [0.717, 1.165) is 0 Å². The fraction of sp³-hybridized carbons (Fsp3) is 0.0943. The van der Waals surface area contributed by atoms with Gasteiger partial charge in [-0.25, -0.2) is 0 Å². The molecular formula is C53H41GeN. The molecule has 0 radical (unpaired) electrons. The summed E-state index contributed by atoms with van der Waals surface area (Å²) in [5, 5.41) is 0. The molecule has 55 heavy (non-hydrogen) atoms. The van der Waals surface area contributed by atoms with Crippen LogP contribution in [0.4, 0.5) is 17.1 Å². The molecule has 8 aromatic rings. The first-order valence-corrected chi connectivity index (χ1v) is 23.7. The summed E-state index contributed by atoms with van der Waals surface area (Å²) in [5.41, 5.74) is 19.7. The molecule has 2 heteroatoms. The number of hydrogen-bond acceptors (Lipinski definition) is 1. The van der Waals surface area contributed by atoms with Gasteiger partial charge in [-0.15, -0.1) is 0 Å². The Labute approximate surface area is 327 Å². The minimum absolute atomic E-state index is 0.106. The summed E-state index contributed by atoms with van der Waals surface area (Å²) in [5.74, 6) is 0. The third kappa shape index (κ3) is 4.42. The molecule has 11 rings (SSSR count). The second-order valence-electron chi connectivity index (χ2n) is 16.2. The molecule has 1 spiro atoms. The van der Waals surface area contributed by atoms with Gasteiger partial charge in [0.05, 0.1) is 0 Å². The molecule has 1 aliphatic carbocycles. The molecule has 0 unspecified atom stereocenters. The van der Waals surface area contributed by atoms with E-state index in [0.29, 0.717) is 0 Å². The van der Waals surface area contributed by atoms with Crippen molar-refractivity contribution in [1.82, 2.24) is 0 Å². The molecule has 0 N–H and O–H groups in total. The van der Waals surface area contributed by atoms with Gasteiger partial charge in [-0.2, -0.15) is 0 Å². The zero-order valence-electron chi connectivity index (χ0n) is 31.7. The van der Waals surface area contributed by atoms with Crippen molar-refractivity contribution in [2.75, 3.05) is 4.90 Å². The molecule has 0 saturated heterocycles. The maximum atomic E-state index is 2.60. The predicted octanol–water partition coefficient (Wildman–Crippen LogP) is 11.1. The summed E-state index contributed by atoms with van der Waals surface area (Å²) < 4.78 is 6.19. The Kier molecular flexibility index (Phi) is 6.98. The van der Waals surface area contributed by atoms with Crippen LogP contribution in [-0.4, -0.2) is 13.3 Å². The Hall–Kier alpha value is -5.90. The van der Waals surface area contributed by atoms with Crippen molar-refractivity contribution in [3.05, 3.63) is 198 Å². The standard InChI is InChI=1S/C53H41GeN/c1-34-30-37(36-16-6-5-7-17-36)31-35(2)52(34)55(38-26-28-41-40-18-8-12-22-46(40)53(3,4)47(41)32-38)39-27-29-45-44-21-11-15-25-50(44)54(51(45)33-39)48-23-13-9-19-42(48)43-20-10-14-24-49(43)54/h5-33H,1-4H3. The first-order valence-electron chi connectivity index (χ1n) is 19.5. The number of aryl methyl sites for hydroxylation is 2. The van der Waals surface area contributed by atoms with E-state index >= 15 is 0 Å². The number of hydrogen-bond donors (Lipinski definition) is 0. The second kappa shape index (κ2) is 11.8. The van der Waals surface area contributed by atoms with Crippen LogP contribution in [0.1, 0.15) is 36.1 Å². The van der Waals surface area contributed by atoms with Crippen LogP contribution in [0.2, 0.25) is 0 Å². The van der Waals surface area contributed by atoms with Crippen LogP contribution in [-0.2, 0) is 5.41 Å². The Bertz CT molecular complexity index is 2790. The van der Waals surface area contributed by atoms with Crippen LogP contribution < -0.4 is 22.5 Å². The first kappa shape index (κ1) is 32.5. The molecule has 2 heterocycles. The van der Waals surface area contributed by atoms with E-state index in [1.807, 2.05) is 0 Å². The van der Waals surface area contributed by atoms with E-state index in [-0.39, 0.29) is 5.41 Å². The van der Waals surface area contributed by atoms with Crippen LogP contribution in [0, 0.1) is 13.8 Å². The maximum absolute atomic E-state index is 3.39. The van der Waals surface area contributed by atoms with Gasteiger partial charge in [0.15, 0.2) is 0 Å². The molecule has 3 aliphatic rings. The zero-order chi connectivity index (χ0) is 37.1. The van der Waals surface area contributed by atoms with E-state index < -0.39 is 13.3 Å². The fourth-order valence-corrected chi connectivity index (χ4v) is 22.4. The average Bonchev–Trinajstić information content (AvgIpc) is 3.78. The Morgan fingerprint density at radius 1 is 0.382 bits per heavy atom. The first-order chi connectivity index (χ1) is 26.9. The minimum atomic E-state index is -3.39. The van der Waals surface area contributed by atoms with Gasteiger partial charge < -0.3 is 0 Å². The van der Waals surface area contributed by atoms with Crippen LogP contribution in [0.5, 0.6) is 0 Å². The van der Waals surface area contributed by atoms with Gasteiger partial charge in [0.1, 0.15) is 0 Å². The molecular weight excluding hydrogens is 723 g/mol.